The van der Waals surface area contributed by atoms with E-state index < -0.39 is 0 Å². The summed E-state index contributed by atoms with van der Waals surface area (Å²) in [5.41, 5.74) is 1.25. The predicted octanol–water partition coefficient (Wildman–Crippen LogP) is 2.63. The summed E-state index contributed by atoms with van der Waals surface area (Å²) in [5, 5.41) is 4.23. The van der Waals surface area contributed by atoms with E-state index in [2.05, 4.69) is 32.1 Å². The summed E-state index contributed by atoms with van der Waals surface area (Å²) in [7, 11) is 0. The molecule has 0 aliphatic carbocycles. The molecule has 0 bridgehead atoms. The molecular weight excluding hydrogens is 148 g/mol. The number of nitrogens with zero attached hydrogens (tertiary/aromatic N) is 2. The molecule has 0 N–H and O–H groups in total. The maximum Gasteiger partial charge on any atom is 0.0518 e. The van der Waals surface area contributed by atoms with Gasteiger partial charge in [0.25, 0.3) is 0 Å². The van der Waals surface area contributed by atoms with Gasteiger partial charge in [-0.25, -0.2) is 0 Å². The highest BCUT2D eigenvalue weighted by Crippen LogP contribution is 2.05. The van der Waals surface area contributed by atoms with Gasteiger partial charge in [-0.2, -0.15) is 5.10 Å². The molecule has 1 heterocycles. The summed E-state index contributed by atoms with van der Waals surface area (Å²) < 4.78 is 2.03. The molecule has 0 saturated heterocycles. The summed E-state index contributed by atoms with van der Waals surface area (Å²) in [6, 6.07) is 0. The van der Waals surface area contributed by atoms with Gasteiger partial charge < -0.3 is 0 Å². The first-order valence-corrected chi connectivity index (χ1v) is 4.67. The molecule has 1 aromatic heterocycles. The van der Waals surface area contributed by atoms with Gasteiger partial charge in [-0.15, -0.1) is 0 Å². The Kier molecular flexibility index (Phi) is 3.32. The van der Waals surface area contributed by atoms with Gasteiger partial charge in [-0.3, -0.25) is 4.68 Å². The van der Waals surface area contributed by atoms with E-state index in [1.54, 1.807) is 0 Å². The second kappa shape index (κ2) is 4.29. The minimum absolute atomic E-state index is 0.807. The van der Waals surface area contributed by atoms with Crippen molar-refractivity contribution in [3.63, 3.8) is 0 Å². The summed E-state index contributed by atoms with van der Waals surface area (Å²) in [4.78, 5) is 0. The van der Waals surface area contributed by atoms with E-state index in [0.29, 0.717) is 0 Å². The van der Waals surface area contributed by atoms with Gasteiger partial charge in [0.15, 0.2) is 0 Å². The van der Waals surface area contributed by atoms with E-state index in [-0.39, 0.29) is 0 Å². The van der Waals surface area contributed by atoms with Gasteiger partial charge in [0.2, 0.25) is 0 Å². The average Bonchev–Trinajstić information content (AvgIpc) is 2.35. The Hall–Kier alpha value is -0.790. The van der Waals surface area contributed by atoms with Crippen molar-refractivity contribution in [2.75, 3.05) is 0 Å². The lowest BCUT2D eigenvalue weighted by Crippen LogP contribution is -1.99. The fourth-order valence-corrected chi connectivity index (χ4v) is 1.25. The normalized spacial score (nSPS) is 11.0. The van der Waals surface area contributed by atoms with E-state index in [0.717, 1.165) is 12.5 Å². The first-order chi connectivity index (χ1) is 5.68. The zero-order chi connectivity index (χ0) is 8.97. The number of aromatic nitrogens is 2. The van der Waals surface area contributed by atoms with Crippen LogP contribution in [0.15, 0.2) is 12.4 Å². The lowest BCUT2D eigenvalue weighted by atomic mass is 10.1. The maximum atomic E-state index is 4.23. The van der Waals surface area contributed by atoms with Crippen LogP contribution in [0.3, 0.4) is 0 Å². The Bertz CT molecular complexity index is 225. The number of aryl methyl sites for hydroxylation is 2. The van der Waals surface area contributed by atoms with Crippen molar-refractivity contribution in [1.29, 1.82) is 0 Å². The van der Waals surface area contributed by atoms with Crippen LogP contribution >= 0.6 is 0 Å². The first-order valence-electron chi connectivity index (χ1n) is 4.67. The smallest absolute Gasteiger partial charge is 0.0518 e. The molecule has 0 aliphatic rings. The predicted molar refractivity (Wildman–Crippen MR) is 51.0 cm³/mol. The standard InChI is InChI=1S/C10H18N2/c1-9(2)5-4-6-12-8-10(3)7-11-12/h7-9H,4-6H2,1-3H3. The van der Waals surface area contributed by atoms with E-state index in [9.17, 15) is 0 Å². The minimum Gasteiger partial charge on any atom is -0.272 e. The average molecular weight is 166 g/mol. The van der Waals surface area contributed by atoms with Crippen LogP contribution in [-0.2, 0) is 6.54 Å². The lowest BCUT2D eigenvalue weighted by molar-refractivity contribution is 0.490. The van der Waals surface area contributed by atoms with Crippen LogP contribution in [0.5, 0.6) is 0 Å². The highest BCUT2D eigenvalue weighted by Gasteiger charge is 1.96. The maximum absolute atomic E-state index is 4.23. The molecule has 0 aliphatic heterocycles. The Morgan fingerprint density at radius 1 is 1.50 bits per heavy atom. The molecule has 0 fully saturated rings. The van der Waals surface area contributed by atoms with Crippen LogP contribution in [0, 0.1) is 12.8 Å². The van der Waals surface area contributed by atoms with Crippen molar-refractivity contribution in [3.8, 4) is 0 Å². The minimum atomic E-state index is 0.807. The fourth-order valence-electron chi connectivity index (χ4n) is 1.25. The molecule has 68 valence electrons. The molecule has 2 heteroatoms. The molecule has 0 saturated carbocycles. The Balaban J connectivity index is 2.24. The second-order valence-corrected chi connectivity index (χ2v) is 3.82. The van der Waals surface area contributed by atoms with Gasteiger partial charge >= 0.3 is 0 Å². The van der Waals surface area contributed by atoms with Crippen LogP contribution in [0.4, 0.5) is 0 Å². The van der Waals surface area contributed by atoms with Crippen LogP contribution in [0.25, 0.3) is 0 Å². The quantitative estimate of drug-likeness (QED) is 0.672. The van der Waals surface area contributed by atoms with E-state index in [1.165, 1.54) is 18.4 Å². The molecule has 12 heavy (non-hydrogen) atoms. The van der Waals surface area contributed by atoms with Crippen molar-refractivity contribution < 1.29 is 0 Å². The van der Waals surface area contributed by atoms with E-state index in [4.69, 9.17) is 0 Å². The first kappa shape index (κ1) is 9.30. The van der Waals surface area contributed by atoms with Crippen LogP contribution in [-0.4, -0.2) is 9.78 Å². The second-order valence-electron chi connectivity index (χ2n) is 3.82. The fraction of sp³-hybridized carbons (Fsp3) is 0.700. The van der Waals surface area contributed by atoms with E-state index >= 15 is 0 Å². The molecule has 0 aromatic carbocycles. The van der Waals surface area contributed by atoms with Crippen LogP contribution in [0.2, 0.25) is 0 Å². The van der Waals surface area contributed by atoms with Gasteiger partial charge in [0.1, 0.15) is 0 Å². The molecule has 0 radical (unpaired) electrons. The number of rotatable bonds is 4. The van der Waals surface area contributed by atoms with Crippen LogP contribution < -0.4 is 0 Å². The summed E-state index contributed by atoms with van der Waals surface area (Å²) in [6.45, 7) is 7.65. The zero-order valence-electron chi connectivity index (χ0n) is 8.25. The summed E-state index contributed by atoms with van der Waals surface area (Å²) >= 11 is 0. The molecule has 1 aromatic rings. The molecule has 0 unspecified atom stereocenters. The highest BCUT2D eigenvalue weighted by atomic mass is 15.3. The summed E-state index contributed by atoms with van der Waals surface area (Å²) in [5.74, 6) is 0.807. The van der Waals surface area contributed by atoms with Crippen molar-refractivity contribution in [1.82, 2.24) is 9.78 Å². The van der Waals surface area contributed by atoms with E-state index in [1.807, 2.05) is 10.9 Å². The van der Waals surface area contributed by atoms with Gasteiger partial charge in [-0.05, 0) is 31.2 Å². The monoisotopic (exact) mass is 166 g/mol. The van der Waals surface area contributed by atoms with Gasteiger partial charge in [-0.1, -0.05) is 13.8 Å². The van der Waals surface area contributed by atoms with Crippen molar-refractivity contribution in [2.24, 2.45) is 5.92 Å². The summed E-state index contributed by atoms with van der Waals surface area (Å²) in [6.07, 6.45) is 6.54. The molecule has 2 nitrogen and oxygen atoms in total. The third-order valence-electron chi connectivity index (χ3n) is 1.93. The zero-order valence-corrected chi connectivity index (χ0v) is 8.25. The Morgan fingerprint density at radius 3 is 2.75 bits per heavy atom. The van der Waals surface area contributed by atoms with Crippen molar-refractivity contribution in [3.05, 3.63) is 18.0 Å². The number of hydrogen-bond acceptors (Lipinski definition) is 1. The third kappa shape index (κ3) is 3.07. The largest absolute Gasteiger partial charge is 0.272 e. The third-order valence-corrected chi connectivity index (χ3v) is 1.93. The Morgan fingerprint density at radius 2 is 2.25 bits per heavy atom. The SMILES string of the molecule is Cc1cnn(CCCC(C)C)c1. The highest BCUT2D eigenvalue weighted by molar-refractivity contribution is 4.99. The van der Waals surface area contributed by atoms with Crippen molar-refractivity contribution in [2.45, 2.75) is 40.2 Å². The van der Waals surface area contributed by atoms with Crippen molar-refractivity contribution >= 4 is 0 Å². The van der Waals surface area contributed by atoms with Gasteiger partial charge in [0.05, 0.1) is 6.20 Å². The molecule has 0 atom stereocenters. The molecular formula is C10H18N2. The molecule has 1 rings (SSSR count). The molecule has 0 spiro atoms. The molecule has 0 amide bonds. The topological polar surface area (TPSA) is 17.8 Å². The number of hydrogen-bond donors (Lipinski definition) is 0. The Labute approximate surface area is 74.6 Å². The van der Waals surface area contributed by atoms with Crippen LogP contribution in [0.1, 0.15) is 32.3 Å². The lowest BCUT2D eigenvalue weighted by Gasteiger charge is -2.03. The van der Waals surface area contributed by atoms with Gasteiger partial charge in [0, 0.05) is 12.7 Å².